The standard InChI is InChI=1S/C15H21N3O4/c1-15(2,3)16-14(19)11-4-5-12(13(10-11)18(20)21)17-6-8-22-9-7-17/h4-5,10H,6-9H2,1-3H3,(H,16,19). The molecule has 0 aliphatic carbocycles. The van der Waals surface area contributed by atoms with Crippen LogP contribution >= 0.6 is 0 Å². The molecule has 1 heterocycles. The molecule has 7 heteroatoms. The summed E-state index contributed by atoms with van der Waals surface area (Å²) in [5, 5.41) is 14.1. The zero-order chi connectivity index (χ0) is 16.3. The maximum absolute atomic E-state index is 12.2. The van der Waals surface area contributed by atoms with Gasteiger partial charge in [0.05, 0.1) is 18.1 Å². The molecular weight excluding hydrogens is 286 g/mol. The van der Waals surface area contributed by atoms with Gasteiger partial charge in [0.2, 0.25) is 0 Å². The predicted molar refractivity (Wildman–Crippen MR) is 83.3 cm³/mol. The van der Waals surface area contributed by atoms with E-state index in [9.17, 15) is 14.9 Å². The number of rotatable bonds is 3. The Labute approximate surface area is 129 Å². The van der Waals surface area contributed by atoms with Crippen LogP contribution in [0.4, 0.5) is 11.4 Å². The summed E-state index contributed by atoms with van der Waals surface area (Å²) in [4.78, 5) is 25.0. The van der Waals surface area contributed by atoms with Crippen molar-refractivity contribution in [2.24, 2.45) is 0 Å². The molecule has 0 spiro atoms. The van der Waals surface area contributed by atoms with Crippen molar-refractivity contribution in [3.63, 3.8) is 0 Å². The molecule has 1 saturated heterocycles. The highest BCUT2D eigenvalue weighted by molar-refractivity contribution is 5.96. The van der Waals surface area contributed by atoms with Crippen LogP contribution in [0, 0.1) is 10.1 Å². The van der Waals surface area contributed by atoms with Gasteiger partial charge >= 0.3 is 0 Å². The minimum absolute atomic E-state index is 0.0524. The number of morpholine rings is 1. The van der Waals surface area contributed by atoms with Crippen molar-refractivity contribution in [1.29, 1.82) is 0 Å². The molecule has 1 aliphatic rings. The zero-order valence-corrected chi connectivity index (χ0v) is 13.1. The van der Waals surface area contributed by atoms with Crippen molar-refractivity contribution in [2.45, 2.75) is 26.3 Å². The number of nitrogens with one attached hydrogen (secondary N) is 1. The quantitative estimate of drug-likeness (QED) is 0.681. The van der Waals surface area contributed by atoms with Crippen molar-refractivity contribution < 1.29 is 14.5 Å². The summed E-state index contributed by atoms with van der Waals surface area (Å²) in [5.41, 5.74) is 0.372. The summed E-state index contributed by atoms with van der Waals surface area (Å²) in [6.45, 7) is 7.89. The van der Waals surface area contributed by atoms with Crippen LogP contribution in [0.2, 0.25) is 0 Å². The Balaban J connectivity index is 2.30. The fourth-order valence-electron chi connectivity index (χ4n) is 2.30. The third-order valence-corrected chi connectivity index (χ3v) is 3.27. The molecule has 0 radical (unpaired) electrons. The monoisotopic (exact) mass is 307 g/mol. The normalized spacial score (nSPS) is 15.5. The minimum Gasteiger partial charge on any atom is -0.378 e. The van der Waals surface area contributed by atoms with Gasteiger partial charge in [-0.3, -0.25) is 14.9 Å². The second kappa shape index (κ2) is 6.31. The largest absolute Gasteiger partial charge is 0.378 e. The third-order valence-electron chi connectivity index (χ3n) is 3.27. The van der Waals surface area contributed by atoms with Crippen molar-refractivity contribution in [3.05, 3.63) is 33.9 Å². The van der Waals surface area contributed by atoms with Gasteiger partial charge in [-0.25, -0.2) is 0 Å². The van der Waals surface area contributed by atoms with Crippen LogP contribution in [0.5, 0.6) is 0 Å². The second-order valence-corrected chi connectivity index (χ2v) is 6.26. The van der Waals surface area contributed by atoms with Crippen LogP contribution < -0.4 is 10.2 Å². The van der Waals surface area contributed by atoms with Crippen LogP contribution in [0.1, 0.15) is 31.1 Å². The lowest BCUT2D eigenvalue weighted by atomic mass is 10.1. The second-order valence-electron chi connectivity index (χ2n) is 6.26. The van der Waals surface area contributed by atoms with Crippen LogP contribution in [-0.4, -0.2) is 42.7 Å². The first kappa shape index (κ1) is 16.2. The van der Waals surface area contributed by atoms with Gasteiger partial charge in [0, 0.05) is 30.3 Å². The number of nitrogens with zero attached hydrogens (tertiary/aromatic N) is 2. The van der Waals surface area contributed by atoms with E-state index in [0.29, 0.717) is 37.6 Å². The number of carbonyl (C=O) groups excluding carboxylic acids is 1. The van der Waals surface area contributed by atoms with Crippen molar-refractivity contribution in [1.82, 2.24) is 5.32 Å². The number of ether oxygens (including phenoxy) is 1. The Morgan fingerprint density at radius 1 is 1.32 bits per heavy atom. The summed E-state index contributed by atoms with van der Waals surface area (Å²) in [6, 6.07) is 4.60. The topological polar surface area (TPSA) is 84.7 Å². The Kier molecular flexibility index (Phi) is 4.65. The lowest BCUT2D eigenvalue weighted by Crippen LogP contribution is -2.40. The SMILES string of the molecule is CC(C)(C)NC(=O)c1ccc(N2CCOCC2)c([N+](=O)[O-])c1. The lowest BCUT2D eigenvalue weighted by molar-refractivity contribution is -0.384. The van der Waals surface area contributed by atoms with Gasteiger partial charge in [0.1, 0.15) is 5.69 Å². The average molecular weight is 307 g/mol. The van der Waals surface area contributed by atoms with Gasteiger partial charge in [-0.15, -0.1) is 0 Å². The fourth-order valence-corrected chi connectivity index (χ4v) is 2.30. The van der Waals surface area contributed by atoms with E-state index in [4.69, 9.17) is 4.74 Å². The van der Waals surface area contributed by atoms with Crippen LogP contribution in [0.15, 0.2) is 18.2 Å². The molecule has 0 saturated carbocycles. The van der Waals surface area contributed by atoms with Crippen LogP contribution in [0.25, 0.3) is 0 Å². The summed E-state index contributed by atoms with van der Waals surface area (Å²) in [7, 11) is 0. The molecule has 1 amide bonds. The Bertz CT molecular complexity index is 575. The van der Waals surface area contributed by atoms with E-state index in [1.165, 1.54) is 6.07 Å². The summed E-state index contributed by atoms with van der Waals surface area (Å²) in [5.74, 6) is -0.316. The summed E-state index contributed by atoms with van der Waals surface area (Å²) < 4.78 is 5.26. The number of nitro benzene ring substituents is 1. The number of benzene rings is 1. The first-order valence-corrected chi connectivity index (χ1v) is 7.21. The number of hydrogen-bond donors (Lipinski definition) is 1. The molecule has 120 valence electrons. The van der Waals surface area contributed by atoms with Gasteiger partial charge in [-0.05, 0) is 32.9 Å². The smallest absolute Gasteiger partial charge is 0.293 e. The van der Waals surface area contributed by atoms with Crippen molar-refractivity contribution >= 4 is 17.3 Å². The summed E-state index contributed by atoms with van der Waals surface area (Å²) in [6.07, 6.45) is 0. The number of amides is 1. The third kappa shape index (κ3) is 3.94. The van der Waals surface area contributed by atoms with Gasteiger partial charge < -0.3 is 15.0 Å². The van der Waals surface area contributed by atoms with Crippen molar-refractivity contribution in [2.75, 3.05) is 31.2 Å². The molecule has 2 rings (SSSR count). The molecule has 1 N–H and O–H groups in total. The average Bonchev–Trinajstić information content (AvgIpc) is 2.45. The lowest BCUT2D eigenvalue weighted by Gasteiger charge is -2.28. The molecule has 22 heavy (non-hydrogen) atoms. The summed E-state index contributed by atoms with van der Waals surface area (Å²) >= 11 is 0. The molecule has 1 aromatic rings. The number of nitro groups is 1. The zero-order valence-electron chi connectivity index (χ0n) is 13.1. The fraction of sp³-hybridized carbons (Fsp3) is 0.533. The Morgan fingerprint density at radius 2 is 1.95 bits per heavy atom. The molecule has 0 aromatic heterocycles. The maximum atomic E-state index is 12.2. The predicted octanol–water partition coefficient (Wildman–Crippen LogP) is 1.96. The highest BCUT2D eigenvalue weighted by atomic mass is 16.6. The molecule has 1 aliphatic heterocycles. The molecule has 1 fully saturated rings. The van der Waals surface area contributed by atoms with Crippen LogP contribution in [-0.2, 0) is 4.74 Å². The molecule has 7 nitrogen and oxygen atoms in total. The molecule has 0 unspecified atom stereocenters. The van der Waals surface area contributed by atoms with E-state index in [-0.39, 0.29) is 11.6 Å². The van der Waals surface area contributed by atoms with E-state index in [2.05, 4.69) is 5.32 Å². The van der Waals surface area contributed by atoms with E-state index < -0.39 is 10.5 Å². The van der Waals surface area contributed by atoms with Crippen molar-refractivity contribution in [3.8, 4) is 0 Å². The Morgan fingerprint density at radius 3 is 2.50 bits per heavy atom. The molecule has 0 atom stereocenters. The maximum Gasteiger partial charge on any atom is 0.293 e. The van der Waals surface area contributed by atoms with Gasteiger partial charge in [-0.1, -0.05) is 0 Å². The van der Waals surface area contributed by atoms with E-state index >= 15 is 0 Å². The highest BCUT2D eigenvalue weighted by Crippen LogP contribution is 2.30. The Hall–Kier alpha value is -2.15. The first-order chi connectivity index (χ1) is 10.3. The minimum atomic E-state index is -0.446. The molecular formula is C15H21N3O4. The van der Waals surface area contributed by atoms with Gasteiger partial charge in [0.15, 0.2) is 0 Å². The van der Waals surface area contributed by atoms with Gasteiger partial charge in [0.25, 0.3) is 11.6 Å². The van der Waals surface area contributed by atoms with E-state index in [0.717, 1.165) is 0 Å². The number of anilines is 1. The first-order valence-electron chi connectivity index (χ1n) is 7.21. The molecule has 1 aromatic carbocycles. The number of hydrogen-bond acceptors (Lipinski definition) is 5. The van der Waals surface area contributed by atoms with E-state index in [1.54, 1.807) is 12.1 Å². The van der Waals surface area contributed by atoms with E-state index in [1.807, 2.05) is 25.7 Å². The number of carbonyl (C=O) groups is 1. The van der Waals surface area contributed by atoms with Gasteiger partial charge in [-0.2, -0.15) is 0 Å². The molecule has 0 bridgehead atoms. The van der Waals surface area contributed by atoms with Crippen LogP contribution in [0.3, 0.4) is 0 Å². The highest BCUT2D eigenvalue weighted by Gasteiger charge is 2.24.